The zero-order valence-corrected chi connectivity index (χ0v) is 16.9. The van der Waals surface area contributed by atoms with Crippen molar-refractivity contribution in [1.82, 2.24) is 0 Å². The van der Waals surface area contributed by atoms with E-state index in [9.17, 15) is 0 Å². The molecule has 0 aromatic heterocycles. The molecule has 0 bridgehead atoms. The third-order valence-corrected chi connectivity index (χ3v) is 5.66. The highest BCUT2D eigenvalue weighted by molar-refractivity contribution is 4.56. The number of rotatable bonds is 16. The lowest BCUT2D eigenvalue weighted by molar-refractivity contribution is -0.912. The number of quaternary nitrogens is 1. The molecule has 2 heteroatoms. The minimum absolute atomic E-state index is 0.528. The van der Waals surface area contributed by atoms with E-state index in [0.717, 1.165) is 6.61 Å². The molecule has 1 fully saturated rings. The summed E-state index contributed by atoms with van der Waals surface area (Å²) in [5.41, 5.74) is 0. The van der Waals surface area contributed by atoms with Crippen LogP contribution < -0.4 is 4.90 Å². The van der Waals surface area contributed by atoms with E-state index >= 15 is 0 Å². The van der Waals surface area contributed by atoms with Gasteiger partial charge in [0.05, 0.1) is 13.2 Å². The third kappa shape index (κ3) is 12.3. The Kier molecular flexibility index (Phi) is 15.0. The van der Waals surface area contributed by atoms with Crippen molar-refractivity contribution < 1.29 is 9.64 Å². The first-order valence-electron chi connectivity index (χ1n) is 11.3. The number of nitrogens with one attached hydrogen (secondary N) is 1. The SMILES string of the molecule is CCCCCCCCCCCCCCCC[NH+]1CCOC(CC)C1. The summed E-state index contributed by atoms with van der Waals surface area (Å²) in [5.74, 6) is 0. The van der Waals surface area contributed by atoms with Crippen LogP contribution >= 0.6 is 0 Å². The van der Waals surface area contributed by atoms with Crippen molar-refractivity contribution in [3.05, 3.63) is 0 Å². The maximum absolute atomic E-state index is 5.76. The van der Waals surface area contributed by atoms with Gasteiger partial charge < -0.3 is 9.64 Å². The number of unbranched alkanes of at least 4 members (excludes halogenated alkanes) is 13. The molecule has 1 heterocycles. The van der Waals surface area contributed by atoms with E-state index in [0.29, 0.717) is 6.10 Å². The van der Waals surface area contributed by atoms with Gasteiger partial charge in [-0.15, -0.1) is 0 Å². The monoisotopic (exact) mass is 340 g/mol. The second kappa shape index (κ2) is 16.4. The quantitative estimate of drug-likeness (QED) is 0.383. The molecule has 2 atom stereocenters. The average molecular weight is 341 g/mol. The summed E-state index contributed by atoms with van der Waals surface area (Å²) in [5, 5.41) is 0. The minimum atomic E-state index is 0.528. The van der Waals surface area contributed by atoms with E-state index in [1.165, 1.54) is 116 Å². The molecule has 0 spiro atoms. The van der Waals surface area contributed by atoms with Gasteiger partial charge >= 0.3 is 0 Å². The van der Waals surface area contributed by atoms with Gasteiger partial charge in [-0.1, -0.05) is 90.9 Å². The van der Waals surface area contributed by atoms with Crippen molar-refractivity contribution >= 4 is 0 Å². The summed E-state index contributed by atoms with van der Waals surface area (Å²) in [6.07, 6.45) is 22.1. The van der Waals surface area contributed by atoms with Crippen LogP contribution in [-0.2, 0) is 4.74 Å². The highest BCUT2D eigenvalue weighted by Crippen LogP contribution is 2.12. The van der Waals surface area contributed by atoms with Crippen LogP contribution in [-0.4, -0.2) is 32.3 Å². The molecule has 144 valence electrons. The third-order valence-electron chi connectivity index (χ3n) is 5.66. The molecule has 0 amide bonds. The summed E-state index contributed by atoms with van der Waals surface area (Å²) < 4.78 is 5.76. The second-order valence-electron chi connectivity index (χ2n) is 7.95. The van der Waals surface area contributed by atoms with E-state index < -0.39 is 0 Å². The average Bonchev–Trinajstić information content (AvgIpc) is 2.62. The lowest BCUT2D eigenvalue weighted by atomic mass is 10.0. The topological polar surface area (TPSA) is 13.7 Å². The normalized spacial score (nSPS) is 21.2. The predicted molar refractivity (Wildman–Crippen MR) is 106 cm³/mol. The Labute approximate surface area is 152 Å². The van der Waals surface area contributed by atoms with Crippen LogP contribution in [0.2, 0.25) is 0 Å². The van der Waals surface area contributed by atoms with E-state index in [2.05, 4.69) is 13.8 Å². The Hall–Kier alpha value is -0.0800. The van der Waals surface area contributed by atoms with Crippen molar-refractivity contribution in [1.29, 1.82) is 0 Å². The van der Waals surface area contributed by atoms with Crippen molar-refractivity contribution in [3.8, 4) is 0 Å². The first-order chi connectivity index (χ1) is 11.9. The van der Waals surface area contributed by atoms with Gasteiger partial charge in [-0.05, 0) is 19.3 Å². The van der Waals surface area contributed by atoms with E-state index in [4.69, 9.17) is 4.74 Å². The van der Waals surface area contributed by atoms with Crippen molar-refractivity contribution in [2.24, 2.45) is 0 Å². The molecule has 0 radical (unpaired) electrons. The maximum atomic E-state index is 5.76. The lowest BCUT2D eigenvalue weighted by Crippen LogP contribution is -3.14. The summed E-state index contributed by atoms with van der Waals surface area (Å²) >= 11 is 0. The molecule has 0 aromatic carbocycles. The number of hydrogen-bond acceptors (Lipinski definition) is 1. The molecule has 24 heavy (non-hydrogen) atoms. The Bertz CT molecular complexity index is 256. The second-order valence-corrected chi connectivity index (χ2v) is 7.95. The van der Waals surface area contributed by atoms with Crippen molar-refractivity contribution in [2.45, 2.75) is 116 Å². The van der Waals surface area contributed by atoms with Gasteiger partial charge in [0.2, 0.25) is 0 Å². The van der Waals surface area contributed by atoms with Crippen LogP contribution in [0.25, 0.3) is 0 Å². The molecule has 1 N–H and O–H groups in total. The summed E-state index contributed by atoms with van der Waals surface area (Å²) in [6.45, 7) is 9.37. The van der Waals surface area contributed by atoms with Crippen LogP contribution in [0, 0.1) is 0 Å². The molecule has 0 aromatic rings. The summed E-state index contributed by atoms with van der Waals surface area (Å²) in [6, 6.07) is 0. The minimum Gasteiger partial charge on any atom is -0.367 e. The molecule has 2 nitrogen and oxygen atoms in total. The maximum Gasteiger partial charge on any atom is 0.106 e. The van der Waals surface area contributed by atoms with Gasteiger partial charge in [-0.3, -0.25) is 0 Å². The zero-order chi connectivity index (χ0) is 17.3. The largest absolute Gasteiger partial charge is 0.367 e. The Morgan fingerprint density at radius 1 is 0.708 bits per heavy atom. The summed E-state index contributed by atoms with van der Waals surface area (Å²) in [4.78, 5) is 1.78. The molecule has 1 aliphatic rings. The van der Waals surface area contributed by atoms with Crippen molar-refractivity contribution in [2.75, 3.05) is 26.2 Å². The highest BCUT2D eigenvalue weighted by Gasteiger charge is 2.21. The molecule has 1 rings (SSSR count). The lowest BCUT2D eigenvalue weighted by Gasteiger charge is -2.29. The van der Waals surface area contributed by atoms with Gasteiger partial charge in [-0.2, -0.15) is 0 Å². The van der Waals surface area contributed by atoms with Gasteiger partial charge in [0.25, 0.3) is 0 Å². The van der Waals surface area contributed by atoms with E-state index in [1.807, 2.05) is 0 Å². The molecule has 0 saturated carbocycles. The van der Waals surface area contributed by atoms with Crippen LogP contribution in [0.1, 0.15) is 110 Å². The molecule has 0 aliphatic carbocycles. The molecular formula is C22H46NO+. The number of ether oxygens (including phenoxy) is 1. The smallest absolute Gasteiger partial charge is 0.106 e. The Morgan fingerprint density at radius 3 is 1.71 bits per heavy atom. The molecule has 1 aliphatic heterocycles. The Balaban J connectivity index is 1.75. The van der Waals surface area contributed by atoms with Crippen LogP contribution in [0.3, 0.4) is 0 Å². The van der Waals surface area contributed by atoms with Gasteiger partial charge in [0.15, 0.2) is 0 Å². The van der Waals surface area contributed by atoms with Crippen LogP contribution in [0.15, 0.2) is 0 Å². The predicted octanol–water partition coefficient (Wildman–Crippen LogP) is 5.16. The number of morpholine rings is 1. The molecule has 1 saturated heterocycles. The highest BCUT2D eigenvalue weighted by atomic mass is 16.5. The Morgan fingerprint density at radius 2 is 1.21 bits per heavy atom. The zero-order valence-electron chi connectivity index (χ0n) is 16.9. The van der Waals surface area contributed by atoms with Gasteiger partial charge in [-0.25, -0.2) is 0 Å². The van der Waals surface area contributed by atoms with Crippen LogP contribution in [0.5, 0.6) is 0 Å². The fourth-order valence-corrected chi connectivity index (χ4v) is 3.91. The first kappa shape index (κ1) is 22.0. The van der Waals surface area contributed by atoms with Crippen molar-refractivity contribution in [3.63, 3.8) is 0 Å². The number of hydrogen-bond donors (Lipinski definition) is 1. The molecule has 2 unspecified atom stereocenters. The van der Waals surface area contributed by atoms with Gasteiger partial charge in [0.1, 0.15) is 19.2 Å². The fraction of sp³-hybridized carbons (Fsp3) is 1.00. The molecular weight excluding hydrogens is 294 g/mol. The van der Waals surface area contributed by atoms with E-state index in [-0.39, 0.29) is 0 Å². The van der Waals surface area contributed by atoms with Crippen LogP contribution in [0.4, 0.5) is 0 Å². The van der Waals surface area contributed by atoms with E-state index in [1.54, 1.807) is 4.90 Å². The fourth-order valence-electron chi connectivity index (χ4n) is 3.91. The van der Waals surface area contributed by atoms with Gasteiger partial charge in [0, 0.05) is 0 Å². The standard InChI is InChI=1S/C22H45NO/c1-3-5-6-7-8-9-10-11-12-13-14-15-16-17-18-23-19-20-24-22(4-2)21-23/h22H,3-21H2,1-2H3/p+1. The summed E-state index contributed by atoms with van der Waals surface area (Å²) in [7, 11) is 0. The first-order valence-corrected chi connectivity index (χ1v) is 11.3.